The van der Waals surface area contributed by atoms with Crippen molar-refractivity contribution in [3.8, 4) is 39.1 Å². The minimum Gasteiger partial charge on any atom is -0.497 e. The fourth-order valence-electron chi connectivity index (χ4n) is 3.53. The van der Waals surface area contributed by atoms with Crippen LogP contribution in [0.1, 0.15) is 5.69 Å². The average Bonchev–Trinajstić information content (AvgIpc) is 3.38. The molecule has 4 aromatic rings. The molecule has 0 fully saturated rings. The molecule has 186 valence electrons. The molecule has 10 heteroatoms. The lowest BCUT2D eigenvalue weighted by molar-refractivity contribution is -0.121. The summed E-state index contributed by atoms with van der Waals surface area (Å²) in [6.07, 6.45) is 1.95. The largest absolute Gasteiger partial charge is 0.497 e. The van der Waals surface area contributed by atoms with Gasteiger partial charge in [0.25, 0.3) is 5.56 Å². The summed E-state index contributed by atoms with van der Waals surface area (Å²) in [7, 11) is 4.78. The van der Waals surface area contributed by atoms with Crippen LogP contribution in [-0.4, -0.2) is 48.3 Å². The number of hydrogen-bond donors (Lipinski definition) is 1. The van der Waals surface area contributed by atoms with E-state index in [9.17, 15) is 9.59 Å². The summed E-state index contributed by atoms with van der Waals surface area (Å²) in [4.78, 5) is 33.8. The Morgan fingerprint density at radius 1 is 0.972 bits per heavy atom. The lowest BCUT2D eigenvalue weighted by Crippen LogP contribution is -2.33. The number of nitrogens with one attached hydrogen (secondary N) is 1. The van der Waals surface area contributed by atoms with E-state index in [2.05, 4.69) is 15.3 Å². The number of carbonyl (C=O) groups excluding carboxylic acids is 1. The van der Waals surface area contributed by atoms with Gasteiger partial charge in [-0.2, -0.15) is 0 Å². The second-order valence-corrected chi connectivity index (χ2v) is 8.64. The van der Waals surface area contributed by atoms with E-state index < -0.39 is 0 Å². The van der Waals surface area contributed by atoms with Gasteiger partial charge in [0.15, 0.2) is 11.5 Å². The molecule has 4 rings (SSSR count). The van der Waals surface area contributed by atoms with E-state index in [1.807, 2.05) is 35.7 Å². The molecule has 0 unspecified atom stereocenters. The van der Waals surface area contributed by atoms with Crippen LogP contribution in [0.25, 0.3) is 21.8 Å². The minimum atomic E-state index is -0.301. The number of amides is 1. The monoisotopic (exact) mass is 506 g/mol. The van der Waals surface area contributed by atoms with Gasteiger partial charge < -0.3 is 19.5 Å². The van der Waals surface area contributed by atoms with Gasteiger partial charge >= 0.3 is 0 Å². The Bertz CT molecular complexity index is 1400. The maximum absolute atomic E-state index is 12.5. The Kier molecular flexibility index (Phi) is 7.96. The first-order chi connectivity index (χ1) is 17.5. The molecule has 1 N–H and O–H groups in total. The molecule has 0 saturated carbocycles. The summed E-state index contributed by atoms with van der Waals surface area (Å²) in [5.74, 6) is 1.75. The summed E-state index contributed by atoms with van der Waals surface area (Å²) in [5, 5.41) is 5.65. The van der Waals surface area contributed by atoms with Gasteiger partial charge in [-0.25, -0.2) is 9.97 Å². The van der Waals surface area contributed by atoms with Crippen LogP contribution < -0.4 is 25.1 Å². The predicted octanol–water partition coefficient (Wildman–Crippen LogP) is 3.42. The van der Waals surface area contributed by atoms with Gasteiger partial charge in [0.2, 0.25) is 5.91 Å². The van der Waals surface area contributed by atoms with E-state index in [4.69, 9.17) is 14.2 Å². The molecule has 0 spiro atoms. The van der Waals surface area contributed by atoms with E-state index in [0.717, 1.165) is 27.6 Å². The topological polar surface area (TPSA) is 105 Å². The molecule has 0 bridgehead atoms. The molecule has 36 heavy (non-hydrogen) atoms. The predicted molar refractivity (Wildman–Crippen MR) is 138 cm³/mol. The highest BCUT2D eigenvalue weighted by molar-refractivity contribution is 7.13. The van der Waals surface area contributed by atoms with Crippen molar-refractivity contribution in [2.45, 2.75) is 13.0 Å². The first-order valence-electron chi connectivity index (χ1n) is 11.1. The van der Waals surface area contributed by atoms with E-state index in [1.165, 1.54) is 28.3 Å². The van der Waals surface area contributed by atoms with Crippen molar-refractivity contribution in [3.63, 3.8) is 0 Å². The number of benzene rings is 2. The summed E-state index contributed by atoms with van der Waals surface area (Å²) in [5.41, 5.74) is 2.82. The third kappa shape index (κ3) is 5.89. The quantitative estimate of drug-likeness (QED) is 0.351. The molecule has 9 nitrogen and oxygen atoms in total. The number of aromatic nitrogens is 3. The van der Waals surface area contributed by atoms with Gasteiger partial charge in [0.1, 0.15) is 17.3 Å². The normalized spacial score (nSPS) is 10.6. The number of thiazole rings is 1. The van der Waals surface area contributed by atoms with Gasteiger partial charge in [-0.1, -0.05) is 0 Å². The van der Waals surface area contributed by atoms with Gasteiger partial charge in [-0.15, -0.1) is 11.3 Å². The fourth-order valence-corrected chi connectivity index (χ4v) is 4.38. The van der Waals surface area contributed by atoms with E-state index in [1.54, 1.807) is 33.5 Å². The number of rotatable bonds is 10. The zero-order valence-electron chi connectivity index (χ0n) is 20.2. The number of methoxy groups -OCH3 is 3. The molecule has 0 aliphatic rings. The smallest absolute Gasteiger partial charge is 0.254 e. The Balaban J connectivity index is 1.31. The number of hydrogen-bond acceptors (Lipinski definition) is 8. The summed E-state index contributed by atoms with van der Waals surface area (Å²) >= 11 is 1.52. The summed E-state index contributed by atoms with van der Waals surface area (Å²) in [6.45, 7) is 0.294. The Labute approximate surface area is 212 Å². The summed E-state index contributed by atoms with van der Waals surface area (Å²) < 4.78 is 17.1. The highest BCUT2D eigenvalue weighted by Gasteiger charge is 2.11. The Hall–Kier alpha value is -4.18. The van der Waals surface area contributed by atoms with Crippen molar-refractivity contribution in [2.75, 3.05) is 27.9 Å². The third-order valence-electron chi connectivity index (χ3n) is 5.46. The van der Waals surface area contributed by atoms with Crippen molar-refractivity contribution >= 4 is 17.2 Å². The molecule has 0 aliphatic heterocycles. The second-order valence-electron chi connectivity index (χ2n) is 7.78. The molecule has 2 aromatic carbocycles. The van der Waals surface area contributed by atoms with E-state index in [-0.39, 0.29) is 18.0 Å². The zero-order valence-corrected chi connectivity index (χ0v) is 21.0. The average molecular weight is 507 g/mol. The van der Waals surface area contributed by atoms with Crippen LogP contribution in [0.2, 0.25) is 0 Å². The van der Waals surface area contributed by atoms with Crippen molar-refractivity contribution in [2.24, 2.45) is 0 Å². The van der Waals surface area contributed by atoms with E-state index >= 15 is 0 Å². The SMILES string of the molecule is COc1ccc(-c2cc(=O)n(CC(=O)NCCc3csc(-c4ccc(OC)c(OC)c4)n3)cn2)cc1. The van der Waals surface area contributed by atoms with Crippen molar-refractivity contribution in [3.05, 3.63) is 76.3 Å². The molecule has 2 heterocycles. The van der Waals surface area contributed by atoms with Crippen LogP contribution in [0.3, 0.4) is 0 Å². The van der Waals surface area contributed by atoms with Crippen LogP contribution in [0.15, 0.2) is 65.0 Å². The first kappa shape index (κ1) is 24.9. The molecule has 0 radical (unpaired) electrons. The molecular weight excluding hydrogens is 480 g/mol. The highest BCUT2D eigenvalue weighted by atomic mass is 32.1. The minimum absolute atomic E-state index is 0.108. The molecule has 2 aromatic heterocycles. The Morgan fingerprint density at radius 2 is 1.72 bits per heavy atom. The van der Waals surface area contributed by atoms with Gasteiger partial charge in [0, 0.05) is 35.5 Å². The van der Waals surface area contributed by atoms with Crippen molar-refractivity contribution in [1.29, 1.82) is 0 Å². The van der Waals surface area contributed by atoms with Gasteiger partial charge in [0.05, 0.1) is 39.0 Å². The maximum Gasteiger partial charge on any atom is 0.254 e. The zero-order chi connectivity index (χ0) is 25.5. The van der Waals surface area contributed by atoms with Crippen LogP contribution in [-0.2, 0) is 17.8 Å². The van der Waals surface area contributed by atoms with Gasteiger partial charge in [-0.05, 0) is 42.5 Å². The van der Waals surface area contributed by atoms with Crippen LogP contribution in [0.5, 0.6) is 17.2 Å². The van der Waals surface area contributed by atoms with Crippen molar-refractivity contribution in [1.82, 2.24) is 19.9 Å². The highest BCUT2D eigenvalue weighted by Crippen LogP contribution is 2.33. The Morgan fingerprint density at radius 3 is 2.42 bits per heavy atom. The molecule has 1 amide bonds. The van der Waals surface area contributed by atoms with Crippen LogP contribution >= 0.6 is 11.3 Å². The molecule has 0 saturated heterocycles. The number of ether oxygens (including phenoxy) is 3. The summed E-state index contributed by atoms with van der Waals surface area (Å²) in [6, 6.07) is 14.3. The first-order valence-corrected chi connectivity index (χ1v) is 12.0. The van der Waals surface area contributed by atoms with Gasteiger partial charge in [-0.3, -0.25) is 14.2 Å². The second kappa shape index (κ2) is 11.5. The molecular formula is C26H26N4O5S. The number of carbonyl (C=O) groups is 1. The number of nitrogens with zero attached hydrogens (tertiary/aromatic N) is 3. The third-order valence-corrected chi connectivity index (χ3v) is 6.40. The van der Waals surface area contributed by atoms with Crippen LogP contribution in [0, 0.1) is 0 Å². The molecule has 0 aliphatic carbocycles. The standard InChI is InChI=1S/C26H26N4O5S/c1-33-20-7-4-17(5-8-20)21-13-25(32)30(16-28-21)14-24(31)27-11-10-19-15-36-26(29-19)18-6-9-22(34-2)23(12-18)35-3/h4-9,12-13,15-16H,10-11,14H2,1-3H3,(H,27,31). The maximum atomic E-state index is 12.5. The van der Waals surface area contributed by atoms with Crippen molar-refractivity contribution < 1.29 is 19.0 Å². The lowest BCUT2D eigenvalue weighted by Gasteiger charge is -2.08. The van der Waals surface area contributed by atoms with Crippen LogP contribution in [0.4, 0.5) is 0 Å². The van der Waals surface area contributed by atoms with E-state index in [0.29, 0.717) is 30.2 Å². The lowest BCUT2D eigenvalue weighted by atomic mass is 10.1. The molecule has 0 atom stereocenters. The fraction of sp³-hybridized carbons (Fsp3) is 0.231.